The van der Waals surface area contributed by atoms with Crippen LogP contribution in [0, 0.1) is 5.92 Å². The Bertz CT molecular complexity index is 379. The highest BCUT2D eigenvalue weighted by Crippen LogP contribution is 2.29. The maximum absolute atomic E-state index is 12.1. The standard InChI is InChI=1S/C13H20N2O2/c1-13(2,3)17-12(16)10-8-14-7-9(10)11-5-4-6-15-11/h4-6,9-10,14-15H,7-8H2,1-3H3. The summed E-state index contributed by atoms with van der Waals surface area (Å²) in [6.45, 7) is 7.22. The molecule has 1 aromatic rings. The van der Waals surface area contributed by atoms with Crippen molar-refractivity contribution in [2.45, 2.75) is 32.3 Å². The van der Waals surface area contributed by atoms with E-state index in [0.717, 1.165) is 12.2 Å². The summed E-state index contributed by atoms with van der Waals surface area (Å²) in [6, 6.07) is 3.98. The van der Waals surface area contributed by atoms with Gasteiger partial charge in [0.1, 0.15) is 5.60 Å². The molecule has 4 nitrogen and oxygen atoms in total. The van der Waals surface area contributed by atoms with Crippen LogP contribution in [-0.4, -0.2) is 29.6 Å². The number of nitrogens with one attached hydrogen (secondary N) is 2. The highest BCUT2D eigenvalue weighted by Gasteiger charge is 2.37. The van der Waals surface area contributed by atoms with Crippen LogP contribution in [-0.2, 0) is 9.53 Å². The van der Waals surface area contributed by atoms with Crippen LogP contribution in [0.1, 0.15) is 32.4 Å². The minimum atomic E-state index is -0.417. The van der Waals surface area contributed by atoms with E-state index in [2.05, 4.69) is 10.3 Å². The molecule has 1 fully saturated rings. The van der Waals surface area contributed by atoms with E-state index in [1.807, 2.05) is 39.1 Å². The van der Waals surface area contributed by atoms with Gasteiger partial charge < -0.3 is 15.0 Å². The second-order valence-corrected chi connectivity index (χ2v) is 5.53. The van der Waals surface area contributed by atoms with Crippen molar-refractivity contribution >= 4 is 5.97 Å². The van der Waals surface area contributed by atoms with Crippen LogP contribution in [0.3, 0.4) is 0 Å². The Labute approximate surface area is 102 Å². The minimum absolute atomic E-state index is 0.0899. The Morgan fingerprint density at radius 2 is 2.18 bits per heavy atom. The second kappa shape index (κ2) is 4.53. The number of aromatic nitrogens is 1. The van der Waals surface area contributed by atoms with E-state index < -0.39 is 5.60 Å². The van der Waals surface area contributed by atoms with Crippen LogP contribution in [0.2, 0.25) is 0 Å². The van der Waals surface area contributed by atoms with E-state index in [0.29, 0.717) is 6.54 Å². The first-order valence-electron chi connectivity index (χ1n) is 6.04. The molecule has 2 atom stereocenters. The normalized spacial score (nSPS) is 24.9. The van der Waals surface area contributed by atoms with Gasteiger partial charge in [0, 0.05) is 30.9 Å². The van der Waals surface area contributed by atoms with Crippen molar-refractivity contribution < 1.29 is 9.53 Å². The third kappa shape index (κ3) is 2.88. The molecule has 1 saturated heterocycles. The summed E-state index contributed by atoms with van der Waals surface area (Å²) >= 11 is 0. The maximum Gasteiger partial charge on any atom is 0.311 e. The first-order chi connectivity index (χ1) is 7.97. The lowest BCUT2D eigenvalue weighted by Gasteiger charge is -2.24. The van der Waals surface area contributed by atoms with Gasteiger partial charge in [0.25, 0.3) is 0 Å². The maximum atomic E-state index is 12.1. The predicted molar refractivity (Wildman–Crippen MR) is 65.7 cm³/mol. The fourth-order valence-corrected chi connectivity index (χ4v) is 2.21. The summed E-state index contributed by atoms with van der Waals surface area (Å²) in [6.07, 6.45) is 1.89. The second-order valence-electron chi connectivity index (χ2n) is 5.53. The van der Waals surface area contributed by atoms with E-state index in [-0.39, 0.29) is 17.8 Å². The molecular weight excluding hydrogens is 216 g/mol. The van der Waals surface area contributed by atoms with Crippen molar-refractivity contribution in [2.24, 2.45) is 5.92 Å². The van der Waals surface area contributed by atoms with Crippen molar-refractivity contribution in [1.29, 1.82) is 0 Å². The lowest BCUT2D eigenvalue weighted by Crippen LogP contribution is -2.31. The quantitative estimate of drug-likeness (QED) is 0.768. The van der Waals surface area contributed by atoms with E-state index in [4.69, 9.17) is 4.74 Å². The number of hydrogen-bond acceptors (Lipinski definition) is 3. The Balaban J connectivity index is 2.07. The summed E-state index contributed by atoms with van der Waals surface area (Å²) in [5.41, 5.74) is 0.686. The van der Waals surface area contributed by atoms with Gasteiger partial charge in [-0.05, 0) is 32.9 Å². The monoisotopic (exact) mass is 236 g/mol. The molecule has 2 unspecified atom stereocenters. The third-order valence-electron chi connectivity index (χ3n) is 2.95. The molecule has 2 N–H and O–H groups in total. The zero-order valence-electron chi connectivity index (χ0n) is 10.6. The first-order valence-corrected chi connectivity index (χ1v) is 6.04. The molecule has 94 valence electrons. The van der Waals surface area contributed by atoms with E-state index in [1.54, 1.807) is 0 Å². The van der Waals surface area contributed by atoms with Gasteiger partial charge in [-0.15, -0.1) is 0 Å². The van der Waals surface area contributed by atoms with Gasteiger partial charge in [-0.2, -0.15) is 0 Å². The summed E-state index contributed by atoms with van der Waals surface area (Å²) in [7, 11) is 0. The van der Waals surface area contributed by atoms with Gasteiger partial charge in [0.15, 0.2) is 0 Å². The first kappa shape index (κ1) is 12.2. The molecule has 0 radical (unpaired) electrons. The van der Waals surface area contributed by atoms with Crippen LogP contribution in [0.5, 0.6) is 0 Å². The van der Waals surface area contributed by atoms with E-state index in [1.165, 1.54) is 0 Å². The number of rotatable bonds is 2. The van der Waals surface area contributed by atoms with Gasteiger partial charge in [-0.25, -0.2) is 0 Å². The molecule has 1 aromatic heterocycles. The molecule has 17 heavy (non-hydrogen) atoms. The molecule has 1 aliphatic heterocycles. The molecule has 0 bridgehead atoms. The molecule has 0 aromatic carbocycles. The summed E-state index contributed by atoms with van der Waals surface area (Å²) in [4.78, 5) is 15.3. The number of carbonyl (C=O) groups is 1. The van der Waals surface area contributed by atoms with Crippen LogP contribution in [0.15, 0.2) is 18.3 Å². The van der Waals surface area contributed by atoms with Gasteiger partial charge in [-0.3, -0.25) is 4.79 Å². The van der Waals surface area contributed by atoms with E-state index >= 15 is 0 Å². The number of ether oxygens (including phenoxy) is 1. The van der Waals surface area contributed by atoms with Crippen molar-refractivity contribution in [3.8, 4) is 0 Å². The number of hydrogen-bond donors (Lipinski definition) is 2. The zero-order chi connectivity index (χ0) is 12.5. The highest BCUT2D eigenvalue weighted by atomic mass is 16.6. The van der Waals surface area contributed by atoms with Gasteiger partial charge in [-0.1, -0.05) is 0 Å². The number of esters is 1. The number of H-pyrrole nitrogens is 1. The van der Waals surface area contributed by atoms with Crippen molar-refractivity contribution in [3.05, 3.63) is 24.0 Å². The number of carbonyl (C=O) groups excluding carboxylic acids is 1. The molecule has 4 heteroatoms. The molecule has 1 aliphatic rings. The lowest BCUT2D eigenvalue weighted by molar-refractivity contribution is -0.159. The van der Waals surface area contributed by atoms with Crippen LogP contribution >= 0.6 is 0 Å². The predicted octanol–water partition coefficient (Wildman–Crippen LogP) is 1.66. The SMILES string of the molecule is CC(C)(C)OC(=O)C1CNCC1c1ccc[nH]1. The summed E-state index contributed by atoms with van der Waals surface area (Å²) < 4.78 is 5.46. The third-order valence-corrected chi connectivity index (χ3v) is 2.95. The fraction of sp³-hybridized carbons (Fsp3) is 0.615. The van der Waals surface area contributed by atoms with Crippen LogP contribution in [0.25, 0.3) is 0 Å². The Morgan fingerprint density at radius 3 is 2.76 bits per heavy atom. The zero-order valence-corrected chi connectivity index (χ0v) is 10.6. The molecule has 2 heterocycles. The highest BCUT2D eigenvalue weighted by molar-refractivity contribution is 5.75. The van der Waals surface area contributed by atoms with Crippen molar-refractivity contribution in [3.63, 3.8) is 0 Å². The van der Waals surface area contributed by atoms with Crippen LogP contribution < -0.4 is 5.32 Å². The molecule has 0 aliphatic carbocycles. The van der Waals surface area contributed by atoms with Gasteiger partial charge >= 0.3 is 5.97 Å². The fourth-order valence-electron chi connectivity index (χ4n) is 2.21. The topological polar surface area (TPSA) is 54.1 Å². The van der Waals surface area contributed by atoms with Gasteiger partial charge in [0.2, 0.25) is 0 Å². The molecule has 0 saturated carbocycles. The Kier molecular flexibility index (Phi) is 3.24. The van der Waals surface area contributed by atoms with Gasteiger partial charge in [0.05, 0.1) is 5.92 Å². The minimum Gasteiger partial charge on any atom is -0.460 e. The lowest BCUT2D eigenvalue weighted by atomic mass is 9.93. The summed E-state index contributed by atoms with van der Waals surface area (Å²) in [5.74, 6) is -0.00479. The average molecular weight is 236 g/mol. The Morgan fingerprint density at radius 1 is 1.41 bits per heavy atom. The average Bonchev–Trinajstić information content (AvgIpc) is 2.85. The largest absolute Gasteiger partial charge is 0.460 e. The number of aromatic amines is 1. The van der Waals surface area contributed by atoms with Crippen molar-refractivity contribution in [1.82, 2.24) is 10.3 Å². The Hall–Kier alpha value is -1.29. The molecule has 2 rings (SSSR count). The summed E-state index contributed by atoms with van der Waals surface area (Å²) in [5, 5.41) is 3.26. The van der Waals surface area contributed by atoms with Crippen LogP contribution in [0.4, 0.5) is 0 Å². The molecule has 0 spiro atoms. The molecular formula is C13H20N2O2. The molecule has 0 amide bonds. The van der Waals surface area contributed by atoms with Crippen molar-refractivity contribution in [2.75, 3.05) is 13.1 Å². The van der Waals surface area contributed by atoms with E-state index in [9.17, 15) is 4.79 Å². The smallest absolute Gasteiger partial charge is 0.311 e.